The molecule has 3 aromatic rings. The molecule has 0 saturated carbocycles. The molecule has 2 aromatic heterocycles. The molecule has 1 aliphatic heterocycles. The number of benzene rings is 1. The number of carbonyl (C=O) groups is 1. The van der Waals surface area contributed by atoms with Crippen molar-refractivity contribution in [2.75, 3.05) is 25.5 Å². The summed E-state index contributed by atoms with van der Waals surface area (Å²) < 4.78 is 2.14. The zero-order chi connectivity index (χ0) is 23.2. The van der Waals surface area contributed by atoms with Crippen LogP contribution in [0.4, 0.5) is 5.69 Å². The third-order valence-corrected chi connectivity index (χ3v) is 6.40. The lowest BCUT2D eigenvalue weighted by atomic mass is 9.90. The third-order valence-electron chi connectivity index (χ3n) is 6.40. The van der Waals surface area contributed by atoms with Crippen LogP contribution in [-0.4, -0.2) is 40.5 Å². The number of nitrogens with one attached hydrogen (secondary N) is 1. The monoisotopic (exact) mass is 439 g/mol. The minimum absolute atomic E-state index is 0.303. The molecule has 0 unspecified atom stereocenters. The van der Waals surface area contributed by atoms with Crippen LogP contribution in [0.3, 0.4) is 0 Å². The van der Waals surface area contributed by atoms with Gasteiger partial charge in [0.2, 0.25) is 0 Å². The summed E-state index contributed by atoms with van der Waals surface area (Å²) in [4.78, 5) is 18.6. The van der Waals surface area contributed by atoms with E-state index in [1.165, 1.54) is 49.5 Å². The van der Waals surface area contributed by atoms with Gasteiger partial charge in [-0.3, -0.25) is 4.79 Å². The minimum Gasteiger partial charge on any atom is -0.334 e. The number of aromatic nitrogens is 2. The van der Waals surface area contributed by atoms with Crippen LogP contribution < -0.4 is 5.32 Å². The summed E-state index contributed by atoms with van der Waals surface area (Å²) in [5, 5.41) is 12.7. The summed E-state index contributed by atoms with van der Waals surface area (Å²) in [6, 6.07) is 13.9. The SMILES string of the molecule is CCn1c(C#CC(=O)Nc2ccc(C#N)nc2)cc2cc(CCC3CCN(C)CC3)ccc21. The first-order valence-corrected chi connectivity index (χ1v) is 11.6. The van der Waals surface area contributed by atoms with Gasteiger partial charge in [0.05, 0.1) is 17.6 Å². The Bertz CT molecular complexity index is 1230. The first-order valence-electron chi connectivity index (χ1n) is 11.6. The van der Waals surface area contributed by atoms with E-state index in [0.717, 1.165) is 30.1 Å². The number of nitriles is 1. The van der Waals surface area contributed by atoms with E-state index in [4.69, 9.17) is 5.26 Å². The molecular formula is C27H29N5O. The van der Waals surface area contributed by atoms with Crippen molar-refractivity contribution < 1.29 is 4.79 Å². The number of amides is 1. The Balaban J connectivity index is 1.45. The Morgan fingerprint density at radius 2 is 2.03 bits per heavy atom. The quantitative estimate of drug-likeness (QED) is 0.605. The number of anilines is 1. The summed E-state index contributed by atoms with van der Waals surface area (Å²) in [6.45, 7) is 5.28. The normalized spacial score (nSPS) is 14.5. The van der Waals surface area contributed by atoms with Crippen molar-refractivity contribution in [3.8, 4) is 17.9 Å². The van der Waals surface area contributed by atoms with Gasteiger partial charge in [-0.2, -0.15) is 5.26 Å². The highest BCUT2D eigenvalue weighted by Gasteiger charge is 2.16. The van der Waals surface area contributed by atoms with E-state index in [1.54, 1.807) is 12.1 Å². The van der Waals surface area contributed by atoms with Gasteiger partial charge in [0.1, 0.15) is 11.8 Å². The summed E-state index contributed by atoms with van der Waals surface area (Å²) in [6.07, 6.45) is 6.39. The van der Waals surface area contributed by atoms with Gasteiger partial charge in [-0.1, -0.05) is 6.07 Å². The number of aryl methyl sites for hydroxylation is 2. The molecule has 1 saturated heterocycles. The molecule has 6 nitrogen and oxygen atoms in total. The second-order valence-electron chi connectivity index (χ2n) is 8.70. The zero-order valence-corrected chi connectivity index (χ0v) is 19.3. The van der Waals surface area contributed by atoms with Crippen LogP contribution in [-0.2, 0) is 17.8 Å². The molecule has 0 radical (unpaired) electrons. The first kappa shape index (κ1) is 22.6. The van der Waals surface area contributed by atoms with Crippen molar-refractivity contribution in [1.82, 2.24) is 14.5 Å². The fourth-order valence-electron chi connectivity index (χ4n) is 4.46. The number of carbonyl (C=O) groups excluding carboxylic acids is 1. The number of hydrogen-bond donors (Lipinski definition) is 1. The van der Waals surface area contributed by atoms with E-state index < -0.39 is 5.91 Å². The van der Waals surface area contributed by atoms with Crippen LogP contribution >= 0.6 is 0 Å². The number of pyridine rings is 1. The van der Waals surface area contributed by atoms with Gasteiger partial charge < -0.3 is 14.8 Å². The minimum atomic E-state index is -0.409. The summed E-state index contributed by atoms with van der Waals surface area (Å²) in [5.41, 5.74) is 4.14. The van der Waals surface area contributed by atoms with Crippen LogP contribution in [0.1, 0.15) is 43.1 Å². The summed E-state index contributed by atoms with van der Waals surface area (Å²) in [7, 11) is 2.21. The van der Waals surface area contributed by atoms with Crippen molar-refractivity contribution in [2.45, 2.75) is 39.2 Å². The van der Waals surface area contributed by atoms with Gasteiger partial charge in [-0.05, 0) is 100 Å². The van der Waals surface area contributed by atoms with Gasteiger partial charge in [0, 0.05) is 23.4 Å². The van der Waals surface area contributed by atoms with E-state index >= 15 is 0 Å². The molecule has 33 heavy (non-hydrogen) atoms. The predicted molar refractivity (Wildman–Crippen MR) is 131 cm³/mol. The van der Waals surface area contributed by atoms with Crippen LogP contribution in [0.15, 0.2) is 42.6 Å². The highest BCUT2D eigenvalue weighted by molar-refractivity contribution is 6.04. The molecule has 4 rings (SSSR count). The highest BCUT2D eigenvalue weighted by Crippen LogP contribution is 2.25. The molecule has 3 heterocycles. The molecule has 0 aliphatic carbocycles. The topological polar surface area (TPSA) is 74.0 Å². The maximum absolute atomic E-state index is 12.3. The molecular weight excluding hydrogens is 410 g/mol. The second-order valence-corrected chi connectivity index (χ2v) is 8.70. The van der Waals surface area contributed by atoms with Crippen LogP contribution in [0.25, 0.3) is 10.9 Å². The first-order chi connectivity index (χ1) is 16.1. The number of rotatable bonds is 5. The summed E-state index contributed by atoms with van der Waals surface area (Å²) >= 11 is 0. The predicted octanol–water partition coefficient (Wildman–Crippen LogP) is 4.19. The molecule has 0 bridgehead atoms. The average Bonchev–Trinajstić information content (AvgIpc) is 3.19. The van der Waals surface area contributed by atoms with Gasteiger partial charge in [-0.15, -0.1) is 0 Å². The van der Waals surface area contributed by atoms with Crippen molar-refractivity contribution in [2.24, 2.45) is 5.92 Å². The van der Waals surface area contributed by atoms with Gasteiger partial charge >= 0.3 is 5.91 Å². The van der Waals surface area contributed by atoms with Crippen molar-refractivity contribution in [3.05, 3.63) is 59.5 Å². The molecule has 1 aliphatic rings. The lowest BCUT2D eigenvalue weighted by Crippen LogP contribution is -2.30. The lowest BCUT2D eigenvalue weighted by molar-refractivity contribution is -0.111. The smallest absolute Gasteiger partial charge is 0.300 e. The number of fused-ring (bicyclic) bond motifs is 1. The lowest BCUT2D eigenvalue weighted by Gasteiger charge is -2.28. The molecule has 6 heteroatoms. The molecule has 168 valence electrons. The molecule has 1 fully saturated rings. The number of piperidine rings is 1. The average molecular weight is 440 g/mol. The molecule has 1 amide bonds. The van der Waals surface area contributed by atoms with Gasteiger partial charge in [-0.25, -0.2) is 4.98 Å². The Labute approximate surface area is 195 Å². The largest absolute Gasteiger partial charge is 0.334 e. The summed E-state index contributed by atoms with van der Waals surface area (Å²) in [5.74, 6) is 6.12. The molecule has 0 atom stereocenters. The Morgan fingerprint density at radius 1 is 1.21 bits per heavy atom. The van der Waals surface area contributed by atoms with E-state index in [0.29, 0.717) is 11.4 Å². The molecule has 1 N–H and O–H groups in total. The van der Waals surface area contributed by atoms with Crippen molar-refractivity contribution in [3.63, 3.8) is 0 Å². The van der Waals surface area contributed by atoms with E-state index in [9.17, 15) is 4.79 Å². The second kappa shape index (κ2) is 10.3. The van der Waals surface area contributed by atoms with E-state index in [2.05, 4.69) is 69.8 Å². The number of likely N-dealkylation sites (tertiary alicyclic amines) is 1. The zero-order valence-electron chi connectivity index (χ0n) is 19.3. The molecule has 1 aromatic carbocycles. The van der Waals surface area contributed by atoms with Crippen LogP contribution in [0.2, 0.25) is 0 Å². The van der Waals surface area contributed by atoms with Crippen LogP contribution in [0.5, 0.6) is 0 Å². The van der Waals surface area contributed by atoms with Crippen molar-refractivity contribution in [1.29, 1.82) is 5.26 Å². The van der Waals surface area contributed by atoms with Gasteiger partial charge in [0.15, 0.2) is 0 Å². The molecule has 0 spiro atoms. The standard InChI is InChI=1S/C27H29N5O/c1-3-32-25(9-11-27(33)30-24-8-7-23(18-28)29-19-24)17-22-16-21(6-10-26(22)32)5-4-20-12-14-31(2)15-13-20/h6-8,10,16-17,19-20H,3-5,12-15H2,1-2H3,(H,30,33). The Hall–Kier alpha value is -3.61. The highest BCUT2D eigenvalue weighted by atomic mass is 16.1. The third kappa shape index (κ3) is 5.61. The Morgan fingerprint density at radius 3 is 2.73 bits per heavy atom. The van der Waals surface area contributed by atoms with Crippen LogP contribution in [0, 0.1) is 29.1 Å². The maximum Gasteiger partial charge on any atom is 0.300 e. The Kier molecular flexibility index (Phi) is 7.07. The number of nitrogens with zero attached hydrogens (tertiary/aromatic N) is 4. The van der Waals surface area contributed by atoms with E-state index in [1.807, 2.05) is 6.07 Å². The fourth-order valence-corrected chi connectivity index (χ4v) is 4.46. The number of hydrogen-bond acceptors (Lipinski definition) is 4. The van der Waals surface area contributed by atoms with Gasteiger partial charge in [0.25, 0.3) is 0 Å². The fraction of sp³-hybridized carbons (Fsp3) is 0.370. The van der Waals surface area contributed by atoms with E-state index in [-0.39, 0.29) is 0 Å². The van der Waals surface area contributed by atoms with Crippen molar-refractivity contribution >= 4 is 22.5 Å². The maximum atomic E-state index is 12.3.